The van der Waals surface area contributed by atoms with Gasteiger partial charge in [0, 0.05) is 13.1 Å². The normalized spacial score (nSPS) is 32.7. The van der Waals surface area contributed by atoms with Crippen molar-refractivity contribution in [3.8, 4) is 0 Å². The monoisotopic (exact) mass is 159 g/mol. The third kappa shape index (κ3) is 2.43. The Bertz CT molecular complexity index is 117. The highest BCUT2D eigenvalue weighted by atomic mass is 16.5. The minimum atomic E-state index is -0.00356. The number of rotatable bonds is 2. The standard InChI is InChI=1S/C8H17NO2/c1-6(2)8-4-9-3-7(5-10)11-8/h6-10H,3-5H2,1-2H3/t7-,8+/m0/s1. The molecule has 66 valence electrons. The van der Waals surface area contributed by atoms with Crippen LogP contribution in [0.1, 0.15) is 13.8 Å². The van der Waals surface area contributed by atoms with Gasteiger partial charge in [-0.15, -0.1) is 0 Å². The molecule has 0 saturated carbocycles. The zero-order chi connectivity index (χ0) is 8.27. The predicted octanol–water partition coefficient (Wildman–Crippen LogP) is -0.00830. The van der Waals surface area contributed by atoms with Crippen molar-refractivity contribution in [2.75, 3.05) is 19.7 Å². The van der Waals surface area contributed by atoms with Crippen LogP contribution in [-0.4, -0.2) is 37.0 Å². The molecule has 0 amide bonds. The summed E-state index contributed by atoms with van der Waals surface area (Å²) in [6.07, 6.45) is 0.261. The summed E-state index contributed by atoms with van der Waals surface area (Å²) < 4.78 is 5.58. The third-order valence-corrected chi connectivity index (χ3v) is 2.03. The SMILES string of the molecule is CC(C)[C@H]1CNC[C@@H](CO)O1. The minimum Gasteiger partial charge on any atom is -0.394 e. The van der Waals surface area contributed by atoms with Gasteiger partial charge in [-0.3, -0.25) is 0 Å². The molecule has 3 heteroatoms. The average Bonchev–Trinajstić information content (AvgIpc) is 2.05. The van der Waals surface area contributed by atoms with Gasteiger partial charge in [0.15, 0.2) is 0 Å². The molecule has 0 aromatic rings. The van der Waals surface area contributed by atoms with Crippen LogP contribution in [0.3, 0.4) is 0 Å². The summed E-state index contributed by atoms with van der Waals surface area (Å²) in [5, 5.41) is 12.1. The summed E-state index contributed by atoms with van der Waals surface area (Å²) in [5.41, 5.74) is 0. The summed E-state index contributed by atoms with van der Waals surface area (Å²) in [5.74, 6) is 0.525. The molecule has 11 heavy (non-hydrogen) atoms. The molecule has 3 nitrogen and oxygen atoms in total. The predicted molar refractivity (Wildman–Crippen MR) is 43.5 cm³/mol. The van der Waals surface area contributed by atoms with Gasteiger partial charge in [-0.25, -0.2) is 0 Å². The van der Waals surface area contributed by atoms with Crippen molar-refractivity contribution >= 4 is 0 Å². The second-order valence-corrected chi connectivity index (χ2v) is 3.38. The van der Waals surface area contributed by atoms with Crippen LogP contribution in [0.25, 0.3) is 0 Å². The molecule has 1 heterocycles. The van der Waals surface area contributed by atoms with Crippen molar-refractivity contribution in [3.63, 3.8) is 0 Å². The molecule has 0 radical (unpaired) electrons. The van der Waals surface area contributed by atoms with E-state index in [2.05, 4.69) is 19.2 Å². The molecule has 1 aliphatic rings. The van der Waals surface area contributed by atoms with Crippen molar-refractivity contribution in [2.45, 2.75) is 26.1 Å². The molecule has 1 saturated heterocycles. The van der Waals surface area contributed by atoms with E-state index in [1.807, 2.05) is 0 Å². The molecule has 0 aliphatic carbocycles. The first-order chi connectivity index (χ1) is 5.24. The van der Waals surface area contributed by atoms with Gasteiger partial charge >= 0.3 is 0 Å². The van der Waals surface area contributed by atoms with Gasteiger partial charge in [-0.05, 0) is 5.92 Å². The Morgan fingerprint density at radius 1 is 1.55 bits per heavy atom. The highest BCUT2D eigenvalue weighted by Gasteiger charge is 2.23. The van der Waals surface area contributed by atoms with E-state index < -0.39 is 0 Å². The molecule has 1 fully saturated rings. The molecule has 0 spiro atoms. The van der Waals surface area contributed by atoms with Gasteiger partial charge in [0.1, 0.15) is 0 Å². The van der Waals surface area contributed by atoms with Crippen molar-refractivity contribution < 1.29 is 9.84 Å². The first-order valence-corrected chi connectivity index (χ1v) is 4.21. The van der Waals surface area contributed by atoms with E-state index in [0.29, 0.717) is 5.92 Å². The van der Waals surface area contributed by atoms with Crippen molar-refractivity contribution in [1.82, 2.24) is 5.32 Å². The van der Waals surface area contributed by atoms with E-state index in [-0.39, 0.29) is 18.8 Å². The third-order valence-electron chi connectivity index (χ3n) is 2.03. The van der Waals surface area contributed by atoms with Gasteiger partial charge in [0.2, 0.25) is 0 Å². The zero-order valence-electron chi connectivity index (χ0n) is 7.21. The Morgan fingerprint density at radius 2 is 2.27 bits per heavy atom. The fraction of sp³-hybridized carbons (Fsp3) is 1.00. The summed E-state index contributed by atoms with van der Waals surface area (Å²) in [6, 6.07) is 0. The highest BCUT2D eigenvalue weighted by molar-refractivity contribution is 4.75. The van der Waals surface area contributed by atoms with Gasteiger partial charge < -0.3 is 15.2 Å². The lowest BCUT2D eigenvalue weighted by Gasteiger charge is -2.32. The van der Waals surface area contributed by atoms with Crippen LogP contribution in [0.4, 0.5) is 0 Å². The number of hydrogen-bond donors (Lipinski definition) is 2. The van der Waals surface area contributed by atoms with Gasteiger partial charge in [0.25, 0.3) is 0 Å². The number of hydrogen-bond acceptors (Lipinski definition) is 3. The highest BCUT2D eigenvalue weighted by Crippen LogP contribution is 2.11. The molecule has 2 N–H and O–H groups in total. The quantitative estimate of drug-likeness (QED) is 0.595. The number of morpholine rings is 1. The Balaban J connectivity index is 2.33. The molecule has 0 aromatic carbocycles. The number of aliphatic hydroxyl groups excluding tert-OH is 1. The lowest BCUT2D eigenvalue weighted by Crippen LogP contribution is -2.48. The Morgan fingerprint density at radius 3 is 2.82 bits per heavy atom. The largest absolute Gasteiger partial charge is 0.394 e. The second-order valence-electron chi connectivity index (χ2n) is 3.38. The fourth-order valence-corrected chi connectivity index (χ4v) is 1.23. The smallest absolute Gasteiger partial charge is 0.0934 e. The Labute approximate surface area is 67.7 Å². The van der Waals surface area contributed by atoms with Crippen LogP contribution in [0, 0.1) is 5.92 Å². The van der Waals surface area contributed by atoms with Crippen LogP contribution in [-0.2, 0) is 4.74 Å². The van der Waals surface area contributed by atoms with Crippen molar-refractivity contribution in [1.29, 1.82) is 0 Å². The molecule has 0 unspecified atom stereocenters. The van der Waals surface area contributed by atoms with Crippen LogP contribution in [0.15, 0.2) is 0 Å². The molecule has 1 rings (SSSR count). The molecule has 0 bridgehead atoms. The van der Waals surface area contributed by atoms with E-state index in [9.17, 15) is 0 Å². The maximum atomic E-state index is 8.83. The molecular formula is C8H17NO2. The lowest BCUT2D eigenvalue weighted by molar-refractivity contribution is -0.0781. The summed E-state index contributed by atoms with van der Waals surface area (Å²) in [4.78, 5) is 0. The van der Waals surface area contributed by atoms with E-state index in [1.54, 1.807) is 0 Å². The fourth-order valence-electron chi connectivity index (χ4n) is 1.23. The number of nitrogens with one attached hydrogen (secondary N) is 1. The topological polar surface area (TPSA) is 41.5 Å². The number of ether oxygens (including phenoxy) is 1. The Hall–Kier alpha value is -0.120. The molecular weight excluding hydrogens is 142 g/mol. The van der Waals surface area contributed by atoms with E-state index in [4.69, 9.17) is 9.84 Å². The number of aliphatic hydroxyl groups is 1. The maximum absolute atomic E-state index is 8.83. The van der Waals surface area contributed by atoms with Crippen LogP contribution < -0.4 is 5.32 Å². The van der Waals surface area contributed by atoms with Gasteiger partial charge in [-0.1, -0.05) is 13.8 Å². The molecule has 2 atom stereocenters. The van der Waals surface area contributed by atoms with Crippen LogP contribution in [0.2, 0.25) is 0 Å². The summed E-state index contributed by atoms with van der Waals surface area (Å²) in [7, 11) is 0. The van der Waals surface area contributed by atoms with Crippen molar-refractivity contribution in [3.05, 3.63) is 0 Å². The summed E-state index contributed by atoms with van der Waals surface area (Å²) in [6.45, 7) is 6.07. The molecule has 1 aliphatic heterocycles. The lowest BCUT2D eigenvalue weighted by atomic mass is 10.1. The van der Waals surface area contributed by atoms with Gasteiger partial charge in [-0.2, -0.15) is 0 Å². The van der Waals surface area contributed by atoms with E-state index >= 15 is 0 Å². The Kier molecular flexibility index (Phi) is 3.30. The first kappa shape index (κ1) is 8.97. The minimum absolute atomic E-state index is 0.00356. The second kappa shape index (κ2) is 4.04. The average molecular weight is 159 g/mol. The van der Waals surface area contributed by atoms with Crippen molar-refractivity contribution in [2.24, 2.45) is 5.92 Å². The molecule has 0 aromatic heterocycles. The van der Waals surface area contributed by atoms with E-state index in [0.717, 1.165) is 13.1 Å². The first-order valence-electron chi connectivity index (χ1n) is 4.21. The summed E-state index contributed by atoms with van der Waals surface area (Å²) >= 11 is 0. The van der Waals surface area contributed by atoms with Crippen LogP contribution >= 0.6 is 0 Å². The van der Waals surface area contributed by atoms with E-state index in [1.165, 1.54) is 0 Å². The van der Waals surface area contributed by atoms with Gasteiger partial charge in [0.05, 0.1) is 18.8 Å². The zero-order valence-corrected chi connectivity index (χ0v) is 7.21. The maximum Gasteiger partial charge on any atom is 0.0934 e. The van der Waals surface area contributed by atoms with Crippen LogP contribution in [0.5, 0.6) is 0 Å².